The quantitative estimate of drug-likeness (QED) is 0.307. The predicted molar refractivity (Wildman–Crippen MR) is 123 cm³/mol. The van der Waals surface area contributed by atoms with E-state index in [9.17, 15) is 26.7 Å². The van der Waals surface area contributed by atoms with Gasteiger partial charge in [-0.15, -0.1) is 13.2 Å². The van der Waals surface area contributed by atoms with E-state index in [4.69, 9.17) is 0 Å². The molecule has 196 valence electrons. The van der Waals surface area contributed by atoms with E-state index in [1.54, 1.807) is 30.7 Å². The van der Waals surface area contributed by atoms with Crippen LogP contribution in [-0.2, 0) is 4.74 Å². The van der Waals surface area contributed by atoms with Crippen molar-refractivity contribution >= 4 is 28.5 Å². The minimum atomic E-state index is -4.63. The van der Waals surface area contributed by atoms with Gasteiger partial charge in [0, 0.05) is 41.1 Å². The van der Waals surface area contributed by atoms with Crippen LogP contribution in [0.4, 0.5) is 27.9 Å². The molecule has 0 bridgehead atoms. The molecule has 1 aliphatic carbocycles. The summed E-state index contributed by atoms with van der Waals surface area (Å²) in [6, 6.07) is 3.44. The molecule has 0 atom stereocenters. The number of alkyl halides is 5. The minimum Gasteiger partial charge on any atom is -0.351 e. The summed E-state index contributed by atoms with van der Waals surface area (Å²) in [6.45, 7) is -0.759. The molecule has 1 amide bonds. The van der Waals surface area contributed by atoms with Gasteiger partial charge in [-0.25, -0.2) is 18.7 Å². The SMILES string of the molecule is O=C(NCC(F)F)c1cnc2ccc(-c3c[nH]c4nc(NC5CCC(OC(F)(F)F)CC5)ncc34)cn12. The summed E-state index contributed by atoms with van der Waals surface area (Å²) in [5.74, 6) is -0.314. The molecule has 0 unspecified atom stereocenters. The second-order valence-electron chi connectivity index (χ2n) is 8.73. The Kier molecular flexibility index (Phi) is 6.67. The van der Waals surface area contributed by atoms with Crippen LogP contribution >= 0.6 is 0 Å². The number of carbonyl (C=O) groups is 1. The summed E-state index contributed by atoms with van der Waals surface area (Å²) >= 11 is 0. The molecule has 4 aromatic heterocycles. The summed E-state index contributed by atoms with van der Waals surface area (Å²) in [7, 11) is 0. The van der Waals surface area contributed by atoms with E-state index in [1.807, 2.05) is 0 Å². The number of carbonyl (C=O) groups excluding carboxylic acids is 1. The lowest BCUT2D eigenvalue weighted by Crippen LogP contribution is -2.33. The zero-order chi connectivity index (χ0) is 26.2. The molecule has 1 fully saturated rings. The van der Waals surface area contributed by atoms with Crippen molar-refractivity contribution in [2.24, 2.45) is 0 Å². The van der Waals surface area contributed by atoms with Crippen LogP contribution in [0.1, 0.15) is 36.2 Å². The van der Waals surface area contributed by atoms with E-state index >= 15 is 0 Å². The molecule has 0 aromatic carbocycles. The summed E-state index contributed by atoms with van der Waals surface area (Å²) in [5.41, 5.74) is 2.61. The number of ether oxygens (including phenoxy) is 1. The maximum Gasteiger partial charge on any atom is 0.522 e. The monoisotopic (exact) mass is 523 g/mol. The first-order valence-corrected chi connectivity index (χ1v) is 11.6. The van der Waals surface area contributed by atoms with Crippen molar-refractivity contribution in [3.63, 3.8) is 0 Å². The van der Waals surface area contributed by atoms with Crippen molar-refractivity contribution in [1.29, 1.82) is 0 Å². The Morgan fingerprint density at radius 1 is 1.16 bits per heavy atom. The number of amides is 1. The van der Waals surface area contributed by atoms with Gasteiger partial charge in [-0.1, -0.05) is 0 Å². The van der Waals surface area contributed by atoms with Crippen LogP contribution in [0.25, 0.3) is 27.8 Å². The third kappa shape index (κ3) is 5.63. The smallest absolute Gasteiger partial charge is 0.351 e. The van der Waals surface area contributed by atoms with Gasteiger partial charge in [0.25, 0.3) is 12.3 Å². The number of imidazole rings is 1. The van der Waals surface area contributed by atoms with Crippen LogP contribution in [0.15, 0.2) is 36.9 Å². The third-order valence-electron chi connectivity index (χ3n) is 6.21. The van der Waals surface area contributed by atoms with Crippen LogP contribution in [0.5, 0.6) is 0 Å². The van der Waals surface area contributed by atoms with Gasteiger partial charge in [0.2, 0.25) is 5.95 Å². The van der Waals surface area contributed by atoms with Crippen molar-refractivity contribution in [3.8, 4) is 11.1 Å². The Morgan fingerprint density at radius 2 is 1.95 bits per heavy atom. The highest BCUT2D eigenvalue weighted by Gasteiger charge is 2.35. The fourth-order valence-corrected chi connectivity index (χ4v) is 4.48. The highest BCUT2D eigenvalue weighted by atomic mass is 19.4. The van der Waals surface area contributed by atoms with Gasteiger partial charge >= 0.3 is 6.36 Å². The number of rotatable bonds is 7. The van der Waals surface area contributed by atoms with E-state index in [0.29, 0.717) is 41.0 Å². The molecule has 9 nitrogen and oxygen atoms in total. The first-order chi connectivity index (χ1) is 17.7. The van der Waals surface area contributed by atoms with Crippen molar-refractivity contribution in [2.75, 3.05) is 11.9 Å². The average Bonchev–Trinajstić information content (AvgIpc) is 3.46. The zero-order valence-corrected chi connectivity index (χ0v) is 19.2. The van der Waals surface area contributed by atoms with Gasteiger partial charge < -0.3 is 15.6 Å². The van der Waals surface area contributed by atoms with Crippen LogP contribution in [0.2, 0.25) is 0 Å². The van der Waals surface area contributed by atoms with Crippen molar-refractivity contribution in [3.05, 3.63) is 42.6 Å². The average molecular weight is 523 g/mol. The lowest BCUT2D eigenvalue weighted by molar-refractivity contribution is -0.345. The number of halogens is 5. The van der Waals surface area contributed by atoms with E-state index in [-0.39, 0.29) is 24.6 Å². The normalized spacial score (nSPS) is 18.5. The molecule has 5 rings (SSSR count). The summed E-state index contributed by atoms with van der Waals surface area (Å²) in [6.07, 6.45) is -0.216. The van der Waals surface area contributed by atoms with Gasteiger partial charge in [-0.3, -0.25) is 13.9 Å². The second-order valence-corrected chi connectivity index (χ2v) is 8.73. The first-order valence-electron chi connectivity index (χ1n) is 11.6. The first kappa shape index (κ1) is 24.9. The van der Waals surface area contributed by atoms with Gasteiger partial charge in [0.05, 0.1) is 18.8 Å². The molecular weight excluding hydrogens is 501 g/mol. The molecule has 1 saturated carbocycles. The van der Waals surface area contributed by atoms with Crippen LogP contribution in [-0.4, -0.2) is 61.7 Å². The van der Waals surface area contributed by atoms with E-state index in [2.05, 4.69) is 35.3 Å². The second kappa shape index (κ2) is 9.92. The molecule has 0 radical (unpaired) electrons. The van der Waals surface area contributed by atoms with Gasteiger partial charge in [0.1, 0.15) is 17.0 Å². The van der Waals surface area contributed by atoms with Gasteiger partial charge in [0.15, 0.2) is 0 Å². The van der Waals surface area contributed by atoms with Gasteiger partial charge in [-0.2, -0.15) is 4.98 Å². The molecule has 14 heteroatoms. The van der Waals surface area contributed by atoms with E-state index < -0.39 is 31.3 Å². The van der Waals surface area contributed by atoms with Crippen molar-refractivity contribution in [2.45, 2.75) is 50.6 Å². The largest absolute Gasteiger partial charge is 0.522 e. The van der Waals surface area contributed by atoms with Gasteiger partial charge in [-0.05, 0) is 37.8 Å². The number of fused-ring (bicyclic) bond motifs is 2. The molecule has 4 heterocycles. The van der Waals surface area contributed by atoms with E-state index in [1.165, 1.54) is 10.6 Å². The Hall–Kier alpha value is -3.81. The minimum absolute atomic E-state index is 0.0711. The number of nitrogens with one attached hydrogen (secondary N) is 3. The number of anilines is 1. The molecule has 37 heavy (non-hydrogen) atoms. The summed E-state index contributed by atoms with van der Waals surface area (Å²) in [5, 5.41) is 6.05. The Balaban J connectivity index is 1.31. The lowest BCUT2D eigenvalue weighted by Gasteiger charge is -2.29. The van der Waals surface area contributed by atoms with Crippen LogP contribution in [0.3, 0.4) is 0 Å². The maximum absolute atomic E-state index is 12.5. The molecule has 3 N–H and O–H groups in total. The molecule has 1 aliphatic rings. The maximum atomic E-state index is 12.5. The molecule has 0 saturated heterocycles. The topological polar surface area (TPSA) is 109 Å². The number of hydrogen-bond acceptors (Lipinski definition) is 6. The molecule has 0 aliphatic heterocycles. The number of H-pyrrole nitrogens is 1. The van der Waals surface area contributed by atoms with Crippen molar-refractivity contribution in [1.82, 2.24) is 29.7 Å². The number of nitrogens with zero attached hydrogens (tertiary/aromatic N) is 4. The van der Waals surface area contributed by atoms with Crippen LogP contribution in [0, 0.1) is 0 Å². The number of aromatic amines is 1. The van der Waals surface area contributed by atoms with Crippen molar-refractivity contribution < 1.29 is 31.5 Å². The fraction of sp³-hybridized carbons (Fsp3) is 0.391. The van der Waals surface area contributed by atoms with E-state index in [0.717, 1.165) is 5.56 Å². The highest BCUT2D eigenvalue weighted by Crippen LogP contribution is 2.31. The molecule has 4 aromatic rings. The standard InChI is InChI=1S/C23H22F5N7O2/c24-18(25)10-31-21(36)17-9-29-19-6-1-12(11-35(17)19)15-7-30-20-16(15)8-32-22(34-20)33-13-2-4-14(5-3-13)37-23(26,27)28/h1,6-9,11,13-14,18H,2-5,10H2,(H,31,36)(H2,30,32,33,34). The summed E-state index contributed by atoms with van der Waals surface area (Å²) < 4.78 is 67.9. The highest BCUT2D eigenvalue weighted by molar-refractivity contribution is 5.95. The lowest BCUT2D eigenvalue weighted by atomic mass is 9.93. The number of hydrogen-bond donors (Lipinski definition) is 3. The Bertz CT molecular complexity index is 1410. The molecule has 0 spiro atoms. The Labute approximate surface area is 206 Å². The molecular formula is C23H22F5N7O2. The fourth-order valence-electron chi connectivity index (χ4n) is 4.48. The zero-order valence-electron chi connectivity index (χ0n) is 19.2. The Morgan fingerprint density at radius 3 is 2.68 bits per heavy atom. The summed E-state index contributed by atoms with van der Waals surface area (Å²) in [4.78, 5) is 28.4. The number of pyridine rings is 1. The number of aromatic nitrogens is 5. The van der Waals surface area contributed by atoms with Crippen LogP contribution < -0.4 is 10.6 Å². The predicted octanol–water partition coefficient (Wildman–Crippen LogP) is 4.53. The third-order valence-corrected chi connectivity index (χ3v) is 6.21.